The molecule has 3 aromatic heterocycles. The monoisotopic (exact) mass is 815 g/mol. The minimum absolute atomic E-state index is 0.0518. The highest BCUT2D eigenvalue weighted by molar-refractivity contribution is 7.66. The number of fused-ring (bicyclic) bond motifs is 2. The second-order valence-corrected chi connectivity index (χ2v) is 16.6. The number of ether oxygens (including phenoxy) is 3. The lowest BCUT2D eigenvalue weighted by atomic mass is 9.94. The SMILES string of the molecule is COC1C(COP(=O)(O)OP(=O)(O)OP(=O)(O)OCC2OC(n3cnc4c(=O)[nH]c(N)cc43)C(O)C2O)OC(C2C=[N+](C)c3c2nc(N)[nH]c3=O)C1O. The van der Waals surface area contributed by atoms with Crippen molar-refractivity contribution >= 4 is 58.2 Å². The van der Waals surface area contributed by atoms with Crippen LogP contribution in [0.25, 0.3) is 11.0 Å². The largest absolute Gasteiger partial charge is 0.490 e. The first-order valence-corrected chi connectivity index (χ1v) is 19.6. The Kier molecular flexibility index (Phi) is 10.7. The number of H-pyrrole nitrogens is 2. The highest BCUT2D eigenvalue weighted by Gasteiger charge is 2.53. The number of nitrogens with one attached hydrogen (secondary N) is 2. The summed E-state index contributed by atoms with van der Waals surface area (Å²) in [6, 6.07) is 1.30. The lowest BCUT2D eigenvalue weighted by Crippen LogP contribution is -2.38. The van der Waals surface area contributed by atoms with Crippen molar-refractivity contribution in [1.29, 1.82) is 0 Å². The van der Waals surface area contributed by atoms with Gasteiger partial charge in [0, 0.05) is 13.2 Å². The molecule has 3 aliphatic rings. The first-order chi connectivity index (χ1) is 24.7. The summed E-state index contributed by atoms with van der Waals surface area (Å²) in [7, 11) is -14.5. The first-order valence-electron chi connectivity index (χ1n) is 15.1. The Hall–Kier alpha value is -3.26. The Bertz CT molecular complexity index is 2200. The molecule has 6 rings (SSSR count). The molecule has 3 aliphatic heterocycles. The molecule has 292 valence electrons. The number of aliphatic hydroxyl groups excluding tert-OH is 3. The summed E-state index contributed by atoms with van der Waals surface area (Å²) in [6.07, 6.45) is -8.99. The number of aliphatic hydroxyl groups is 3. The van der Waals surface area contributed by atoms with E-state index in [4.69, 9.17) is 30.2 Å². The van der Waals surface area contributed by atoms with Crippen molar-refractivity contribution in [2.45, 2.75) is 54.9 Å². The molecule has 3 aromatic rings. The molecule has 0 bridgehead atoms. The van der Waals surface area contributed by atoms with Gasteiger partial charge in [-0.3, -0.25) is 23.6 Å². The van der Waals surface area contributed by atoms with E-state index in [0.717, 1.165) is 10.9 Å². The van der Waals surface area contributed by atoms with E-state index in [9.17, 15) is 53.3 Å². The van der Waals surface area contributed by atoms with Crippen molar-refractivity contribution < 1.29 is 80.1 Å². The zero-order chi connectivity index (χ0) is 38.8. The summed E-state index contributed by atoms with van der Waals surface area (Å²) >= 11 is 0. The molecule has 29 heteroatoms. The third kappa shape index (κ3) is 7.95. The van der Waals surface area contributed by atoms with Gasteiger partial charge in [0.1, 0.15) is 67.2 Å². The van der Waals surface area contributed by atoms with Gasteiger partial charge in [-0.1, -0.05) is 0 Å². The number of nitrogen functional groups attached to an aromatic ring is 2. The summed E-state index contributed by atoms with van der Waals surface area (Å²) in [4.78, 5) is 67.5. The van der Waals surface area contributed by atoms with E-state index in [-0.39, 0.29) is 34.2 Å². The summed E-state index contributed by atoms with van der Waals surface area (Å²) in [5, 5.41) is 32.0. The highest BCUT2D eigenvalue weighted by Crippen LogP contribution is 2.68. The molecule has 26 nitrogen and oxygen atoms in total. The number of hydrogen-bond donors (Lipinski definition) is 10. The number of rotatable bonds is 13. The fourth-order valence-electron chi connectivity index (χ4n) is 6.21. The molecule has 2 saturated heterocycles. The summed E-state index contributed by atoms with van der Waals surface area (Å²) in [5.74, 6) is -1.10. The maximum absolute atomic E-state index is 12.6. The van der Waals surface area contributed by atoms with Crippen molar-refractivity contribution in [2.75, 3.05) is 38.8 Å². The number of hydrogen-bond acceptors (Lipinski definition) is 19. The second kappa shape index (κ2) is 14.4. The first kappa shape index (κ1) is 39.4. The molecule has 53 heavy (non-hydrogen) atoms. The van der Waals surface area contributed by atoms with E-state index in [2.05, 4.69) is 33.1 Å². The van der Waals surface area contributed by atoms with E-state index in [1.165, 1.54) is 24.0 Å². The Balaban J connectivity index is 1.05. The third-order valence-electron chi connectivity index (χ3n) is 8.42. The normalized spacial score (nSPS) is 31.9. The molecule has 12 unspecified atom stereocenters. The van der Waals surface area contributed by atoms with Crippen LogP contribution in [0.1, 0.15) is 17.8 Å². The molecule has 12 N–H and O–H groups in total. The van der Waals surface area contributed by atoms with Crippen LogP contribution in [0.15, 0.2) is 22.0 Å². The molecule has 0 aromatic carbocycles. The number of anilines is 2. The van der Waals surface area contributed by atoms with Gasteiger partial charge in [0.2, 0.25) is 5.95 Å². The molecule has 0 aliphatic carbocycles. The summed E-state index contributed by atoms with van der Waals surface area (Å²) < 4.78 is 74.5. The van der Waals surface area contributed by atoms with Crippen molar-refractivity contribution in [2.24, 2.45) is 0 Å². The summed E-state index contributed by atoms with van der Waals surface area (Å²) in [6.45, 7) is -1.97. The molecule has 0 amide bonds. The minimum Gasteiger partial charge on any atom is -0.388 e. The van der Waals surface area contributed by atoms with E-state index in [1.54, 1.807) is 7.05 Å². The van der Waals surface area contributed by atoms with Crippen LogP contribution in [0.3, 0.4) is 0 Å². The zero-order valence-electron chi connectivity index (χ0n) is 27.2. The van der Waals surface area contributed by atoms with Crippen LogP contribution in [-0.4, -0.2) is 135 Å². The Morgan fingerprint density at radius 1 is 0.925 bits per heavy atom. The Labute approximate surface area is 295 Å². The fourth-order valence-corrected chi connectivity index (χ4v) is 9.73. The highest BCUT2D eigenvalue weighted by atomic mass is 31.3. The number of nitrogens with two attached hydrogens (primary N) is 2. The molecule has 0 radical (unpaired) electrons. The van der Waals surface area contributed by atoms with Crippen molar-refractivity contribution in [3.05, 3.63) is 38.8 Å². The predicted molar refractivity (Wildman–Crippen MR) is 174 cm³/mol. The van der Waals surface area contributed by atoms with Crippen LogP contribution < -0.4 is 22.6 Å². The van der Waals surface area contributed by atoms with Crippen LogP contribution in [0.4, 0.5) is 17.5 Å². The molecular weight excluding hydrogens is 781 g/mol. The van der Waals surface area contributed by atoms with Crippen LogP contribution in [0, 0.1) is 0 Å². The number of phosphoric ester groups is 2. The van der Waals surface area contributed by atoms with Gasteiger partial charge >= 0.3 is 29.0 Å². The van der Waals surface area contributed by atoms with Crippen molar-refractivity contribution in [3.8, 4) is 0 Å². The Morgan fingerprint density at radius 2 is 1.57 bits per heavy atom. The maximum atomic E-state index is 12.6. The predicted octanol–water partition coefficient (Wildman–Crippen LogP) is -2.76. The van der Waals surface area contributed by atoms with Gasteiger partial charge in [0.15, 0.2) is 18.0 Å². The average Bonchev–Trinajstić information content (AvgIpc) is 3.76. The van der Waals surface area contributed by atoms with Gasteiger partial charge in [0.25, 0.3) is 11.2 Å². The lowest BCUT2D eigenvalue weighted by molar-refractivity contribution is -0.398. The van der Waals surface area contributed by atoms with Crippen LogP contribution in [0.5, 0.6) is 0 Å². The molecule has 6 heterocycles. The average molecular weight is 815 g/mol. The summed E-state index contributed by atoms with van der Waals surface area (Å²) in [5.41, 5.74) is 10.5. The topological polar surface area (TPSA) is 389 Å². The van der Waals surface area contributed by atoms with Crippen LogP contribution >= 0.6 is 23.5 Å². The quantitative estimate of drug-likeness (QED) is 0.0617. The number of aromatic nitrogens is 5. The van der Waals surface area contributed by atoms with E-state index >= 15 is 0 Å². The molecule has 2 fully saturated rings. The van der Waals surface area contributed by atoms with Gasteiger partial charge in [-0.05, 0) is 0 Å². The van der Waals surface area contributed by atoms with Crippen molar-refractivity contribution in [3.63, 3.8) is 0 Å². The molecule has 12 atom stereocenters. The smallest absolute Gasteiger partial charge is 0.388 e. The van der Waals surface area contributed by atoms with Crippen molar-refractivity contribution in [1.82, 2.24) is 24.5 Å². The molecular formula is C24H34N8O18P3+. The number of methoxy groups -OCH3 is 1. The third-order valence-corrected chi connectivity index (χ3v) is 12.7. The fraction of sp³-hybridized carbons (Fsp3) is 0.542. The Morgan fingerprint density at radius 3 is 2.21 bits per heavy atom. The van der Waals surface area contributed by atoms with Gasteiger partial charge in [0.05, 0.1) is 25.1 Å². The number of nitrogens with zero attached hydrogens (tertiary/aromatic N) is 4. The zero-order valence-corrected chi connectivity index (χ0v) is 29.9. The lowest BCUT2D eigenvalue weighted by Gasteiger charge is -2.22. The van der Waals surface area contributed by atoms with Crippen LogP contribution in [-0.2, 0) is 45.6 Å². The van der Waals surface area contributed by atoms with Gasteiger partial charge < -0.3 is 65.2 Å². The second-order valence-electron chi connectivity index (χ2n) is 11.9. The molecule has 0 saturated carbocycles. The minimum atomic E-state index is -5.96. The van der Waals surface area contributed by atoms with Crippen LogP contribution in [0.2, 0.25) is 0 Å². The number of imidazole rings is 1. The maximum Gasteiger partial charge on any atom is 0.490 e. The number of aromatic amines is 2. The van der Waals surface area contributed by atoms with Gasteiger partial charge in [-0.15, -0.1) is 0 Å². The van der Waals surface area contributed by atoms with E-state index in [1.807, 2.05) is 0 Å². The standard InChI is InChI=1S/C24H33N8O18P3/c1-31-4-8(13-15(31)22(37)30-24(26)29-13)19-18(35)20(44-2)11(47-19)6-46-52(40,41)50-53(42,43)49-51(38,39)45-5-10-16(33)17(34)23(48-10)32-7-27-14-9(32)3-12(25)28-21(14)36/h3-4,7-8,10-11,16-20,23,33-35H,5-6H2,1-2H3,(H8-,25,26,28,29,30,36,37,38,39,40,41,42,43)/p+1. The van der Waals surface area contributed by atoms with Gasteiger partial charge in [-0.25, -0.2) is 23.7 Å². The number of pyridine rings is 1. The van der Waals surface area contributed by atoms with E-state index < -0.39 is 103 Å². The van der Waals surface area contributed by atoms with E-state index in [0.29, 0.717) is 0 Å². The van der Waals surface area contributed by atoms with Gasteiger partial charge in [-0.2, -0.15) is 13.2 Å². The number of phosphoric acid groups is 3. The molecule has 0 spiro atoms.